The number of carbonyl (C=O) groups excluding carboxylic acids is 4. The van der Waals surface area contributed by atoms with Gasteiger partial charge in [0.1, 0.15) is 0 Å². The van der Waals surface area contributed by atoms with Crippen LogP contribution in [-0.2, 0) is 71.8 Å². The number of nitrogens with one attached hydrogen (secondary N) is 1. The van der Waals surface area contributed by atoms with Gasteiger partial charge < -0.3 is 0 Å². The number of cyclic esters (lactones) is 1. The molecule has 0 spiro atoms. The molecule has 306 valence electrons. The van der Waals surface area contributed by atoms with Crippen molar-refractivity contribution in [3.05, 3.63) is 135 Å². The Kier molecular flexibility index (Phi) is 12.5. The number of fused-ring (bicyclic) bond motifs is 5. The summed E-state index contributed by atoms with van der Waals surface area (Å²) in [6, 6.07) is 27.2. The molecule has 4 heterocycles. The predicted molar refractivity (Wildman–Crippen MR) is 224 cm³/mol. The van der Waals surface area contributed by atoms with Crippen LogP contribution in [0, 0.1) is 0 Å². The van der Waals surface area contributed by atoms with Gasteiger partial charge in [0.25, 0.3) is 0 Å². The maximum atomic E-state index is 13.9. The van der Waals surface area contributed by atoms with Crippen LogP contribution >= 0.6 is 0 Å². The SMILES string of the molecule is CC[C@@]1(O)C(=O)OCc2c1cc1n(c2=O)Cc2c-1nc1ccccc1c2C[CH2][Ge]([CH3])([CH3])[CH2]CC(=O)N[C@@H](CCC(=O)OCc1ccccc1)C(=O)OCc1ccccc1. The fourth-order valence-electron chi connectivity index (χ4n) is 7.86. The van der Waals surface area contributed by atoms with Crippen LogP contribution in [0.1, 0.15) is 66.0 Å². The number of carbonyl (C=O) groups is 4. The van der Waals surface area contributed by atoms with Crippen molar-refractivity contribution in [1.29, 1.82) is 0 Å². The minimum atomic E-state index is -2.66. The van der Waals surface area contributed by atoms with Gasteiger partial charge >= 0.3 is 328 Å². The van der Waals surface area contributed by atoms with Crippen molar-refractivity contribution in [1.82, 2.24) is 14.9 Å². The molecule has 7 rings (SSSR count). The fraction of sp³-hybridized carbons (Fsp3) is 0.348. The first-order valence-corrected chi connectivity index (χ1v) is 27.3. The third-order valence-corrected chi connectivity index (χ3v) is 18.2. The molecular formula is C46H49GeN3O9. The first-order valence-electron chi connectivity index (χ1n) is 20.1. The van der Waals surface area contributed by atoms with Gasteiger partial charge in [-0.2, -0.15) is 0 Å². The Morgan fingerprint density at radius 1 is 0.898 bits per heavy atom. The standard InChI is InChI=1S/C46H49GeN3O9/c1-4-46(56)36-25-39-42-34(26-50(39)43(53)35(36)29-59-45(46)55)32(33-17-11-12-18-37(33)49-42)21-23-47(2,3)24-22-40(51)48-38(44(54)58-28-31-15-9-6-10-16-31)19-20-41(52)57-27-30-13-7-5-8-14-30/h5-18,25,38,56H,4,19-24,26-29H2,1-3H3,(H,48,51)/t38-,46-/m0/s1. The van der Waals surface area contributed by atoms with Gasteiger partial charge in [-0.25, -0.2) is 0 Å². The molecule has 2 atom stereocenters. The van der Waals surface area contributed by atoms with Crippen LogP contribution in [0.5, 0.6) is 0 Å². The van der Waals surface area contributed by atoms with Crippen molar-refractivity contribution in [3.63, 3.8) is 0 Å². The molecule has 59 heavy (non-hydrogen) atoms. The monoisotopic (exact) mass is 861 g/mol. The molecule has 2 aliphatic rings. The van der Waals surface area contributed by atoms with E-state index in [1.165, 1.54) is 0 Å². The molecule has 2 aromatic heterocycles. The summed E-state index contributed by atoms with van der Waals surface area (Å²) in [6.07, 6.45) is 0.954. The molecule has 0 saturated heterocycles. The second-order valence-corrected chi connectivity index (χ2v) is 27.3. The number of aromatic nitrogens is 2. The summed E-state index contributed by atoms with van der Waals surface area (Å²) in [7, 11) is 0. The van der Waals surface area contributed by atoms with Crippen LogP contribution in [0.15, 0.2) is 95.8 Å². The Morgan fingerprint density at radius 3 is 2.25 bits per heavy atom. The molecule has 0 saturated carbocycles. The van der Waals surface area contributed by atoms with Gasteiger partial charge in [-0.05, 0) is 0 Å². The first-order chi connectivity index (χ1) is 28.4. The Bertz CT molecular complexity index is 2450. The third-order valence-electron chi connectivity index (χ3n) is 11.5. The Morgan fingerprint density at radius 2 is 1.56 bits per heavy atom. The molecule has 13 heteroatoms. The summed E-state index contributed by atoms with van der Waals surface area (Å²) >= 11 is -2.66. The molecule has 0 bridgehead atoms. The van der Waals surface area contributed by atoms with Crippen molar-refractivity contribution >= 4 is 48.0 Å². The van der Waals surface area contributed by atoms with E-state index in [9.17, 15) is 29.1 Å². The maximum absolute atomic E-state index is 13.9. The summed E-state index contributed by atoms with van der Waals surface area (Å²) in [5.74, 6) is 2.42. The van der Waals surface area contributed by atoms with Gasteiger partial charge in [-0.1, -0.05) is 18.2 Å². The number of amides is 1. The van der Waals surface area contributed by atoms with Crippen LogP contribution < -0.4 is 10.9 Å². The fourth-order valence-corrected chi connectivity index (χ4v) is 12.2. The first kappa shape index (κ1) is 41.6. The molecule has 3 aromatic carbocycles. The van der Waals surface area contributed by atoms with E-state index in [-0.39, 0.29) is 68.1 Å². The summed E-state index contributed by atoms with van der Waals surface area (Å²) in [6.45, 7) is 1.95. The molecule has 0 aliphatic carbocycles. The van der Waals surface area contributed by atoms with Gasteiger partial charge in [0.05, 0.1) is 0 Å². The van der Waals surface area contributed by atoms with Crippen molar-refractivity contribution < 1.29 is 38.5 Å². The number of nitrogens with zero attached hydrogens (tertiary/aromatic N) is 2. The van der Waals surface area contributed by atoms with Crippen molar-refractivity contribution in [2.45, 2.75) is 99.1 Å². The van der Waals surface area contributed by atoms with Gasteiger partial charge in [0.2, 0.25) is 0 Å². The molecule has 0 unspecified atom stereocenters. The summed E-state index contributed by atoms with van der Waals surface area (Å²) in [5, 5.41) is 16.8. The average molecular weight is 861 g/mol. The normalized spacial score (nSPS) is 16.0. The zero-order valence-electron chi connectivity index (χ0n) is 33.6. The molecule has 1 amide bonds. The molecule has 0 radical (unpaired) electrons. The molecule has 5 aromatic rings. The van der Waals surface area contributed by atoms with E-state index >= 15 is 0 Å². The Labute approximate surface area is 345 Å². The van der Waals surface area contributed by atoms with E-state index in [4.69, 9.17) is 19.2 Å². The zero-order valence-corrected chi connectivity index (χ0v) is 35.7. The summed E-state index contributed by atoms with van der Waals surface area (Å²) in [4.78, 5) is 71.1. The molecule has 12 nitrogen and oxygen atoms in total. The van der Waals surface area contributed by atoms with E-state index in [1.807, 2.05) is 84.9 Å². The van der Waals surface area contributed by atoms with E-state index in [0.29, 0.717) is 29.6 Å². The number of benzene rings is 3. The van der Waals surface area contributed by atoms with Crippen LogP contribution in [0.4, 0.5) is 0 Å². The number of para-hydroxylation sites is 1. The quantitative estimate of drug-likeness (QED) is 0.0627. The summed E-state index contributed by atoms with van der Waals surface area (Å²) < 4.78 is 17.9. The number of hydrogen-bond acceptors (Lipinski definition) is 10. The molecule has 2 N–H and O–H groups in total. The van der Waals surface area contributed by atoms with Gasteiger partial charge in [-0.15, -0.1) is 0 Å². The third kappa shape index (κ3) is 9.18. The van der Waals surface area contributed by atoms with Crippen LogP contribution in [0.25, 0.3) is 22.3 Å². The van der Waals surface area contributed by atoms with Crippen molar-refractivity contribution in [2.24, 2.45) is 0 Å². The van der Waals surface area contributed by atoms with E-state index in [0.717, 1.165) is 38.4 Å². The Hall–Kier alpha value is -5.60. The van der Waals surface area contributed by atoms with Gasteiger partial charge in [0.15, 0.2) is 0 Å². The van der Waals surface area contributed by atoms with Crippen LogP contribution in [0.2, 0.25) is 22.0 Å². The van der Waals surface area contributed by atoms with Crippen molar-refractivity contribution in [2.75, 3.05) is 0 Å². The number of ether oxygens (including phenoxy) is 3. The van der Waals surface area contributed by atoms with Crippen molar-refractivity contribution in [3.8, 4) is 11.4 Å². The van der Waals surface area contributed by atoms with Crippen LogP contribution in [-0.4, -0.2) is 57.8 Å². The second kappa shape index (κ2) is 17.7. The minimum absolute atomic E-state index is 0.0353. The zero-order chi connectivity index (χ0) is 41.7. The second-order valence-electron chi connectivity index (χ2n) is 16.1. The number of esters is 3. The number of hydrogen-bond donors (Lipinski definition) is 2. The predicted octanol–water partition coefficient (Wildman–Crippen LogP) is 6.47. The topological polar surface area (TPSA) is 163 Å². The van der Waals surface area contributed by atoms with Crippen LogP contribution in [0.3, 0.4) is 0 Å². The average Bonchev–Trinajstić information content (AvgIpc) is 3.62. The number of aryl methyl sites for hydroxylation is 1. The van der Waals surface area contributed by atoms with Gasteiger partial charge in [0, 0.05) is 0 Å². The molecular weight excluding hydrogens is 811 g/mol. The Balaban J connectivity index is 1.03. The number of aliphatic hydroxyl groups is 1. The number of rotatable bonds is 16. The van der Waals surface area contributed by atoms with E-state index in [1.54, 1.807) is 17.6 Å². The summed E-state index contributed by atoms with van der Waals surface area (Å²) in [5.41, 5.74) is 4.03. The van der Waals surface area contributed by atoms with E-state index in [2.05, 4.69) is 16.8 Å². The van der Waals surface area contributed by atoms with E-state index < -0.39 is 42.8 Å². The van der Waals surface area contributed by atoms with Gasteiger partial charge in [-0.3, -0.25) is 0 Å². The molecule has 2 aliphatic heterocycles. The number of pyridine rings is 2. The molecule has 0 fully saturated rings.